The van der Waals surface area contributed by atoms with Crippen LogP contribution in [0.2, 0.25) is 5.02 Å². The largest absolute Gasteiger partial charge is 0.288 e. The Bertz CT molecular complexity index is 1140. The number of sulfonamides is 1. The Hall–Kier alpha value is -2.26. The fraction of sp³-hybridized carbons (Fsp3) is 0.158. The maximum absolute atomic E-state index is 12.2. The molecular weight excluding hydrogens is 418 g/mol. The Morgan fingerprint density at radius 2 is 1.68 bits per heavy atom. The number of rotatable bonds is 4. The van der Waals surface area contributed by atoms with E-state index in [-0.39, 0.29) is 10.8 Å². The Morgan fingerprint density at radius 3 is 2.25 bits per heavy atom. The predicted octanol–water partition coefficient (Wildman–Crippen LogP) is 3.90. The van der Waals surface area contributed by atoms with E-state index in [1.165, 1.54) is 23.5 Å². The van der Waals surface area contributed by atoms with Crippen molar-refractivity contribution >= 4 is 44.0 Å². The molecule has 0 unspecified atom stereocenters. The number of nitrogens with two attached hydrogens (primary N) is 1. The molecule has 1 fully saturated rings. The van der Waals surface area contributed by atoms with E-state index < -0.39 is 10.0 Å². The van der Waals surface area contributed by atoms with Gasteiger partial charge in [-0.15, -0.1) is 0 Å². The number of nitrogens with zero attached hydrogens (tertiary/aromatic N) is 2. The lowest BCUT2D eigenvalue weighted by atomic mass is 10.1. The molecule has 4 rings (SSSR count). The second-order valence-corrected chi connectivity index (χ2v) is 9.37. The fourth-order valence-corrected chi connectivity index (χ4v) is 4.85. The van der Waals surface area contributed by atoms with Crippen LogP contribution in [-0.4, -0.2) is 25.9 Å². The van der Waals surface area contributed by atoms with Crippen LogP contribution in [0.15, 0.2) is 53.4 Å². The molecule has 0 bridgehead atoms. The van der Waals surface area contributed by atoms with Crippen LogP contribution >= 0.6 is 22.9 Å². The molecule has 2 aromatic carbocycles. The van der Waals surface area contributed by atoms with Gasteiger partial charge in [0.2, 0.25) is 15.9 Å². The summed E-state index contributed by atoms with van der Waals surface area (Å²) in [5, 5.41) is 6.44. The number of amides is 1. The van der Waals surface area contributed by atoms with Crippen molar-refractivity contribution in [2.45, 2.75) is 17.7 Å². The highest BCUT2D eigenvalue weighted by Crippen LogP contribution is 2.41. The number of hydrogen-bond acceptors (Lipinski definition) is 5. The molecule has 3 aromatic rings. The fourth-order valence-electron chi connectivity index (χ4n) is 3.07. The second-order valence-electron chi connectivity index (χ2n) is 6.40. The van der Waals surface area contributed by atoms with Gasteiger partial charge in [0.15, 0.2) is 5.13 Å². The molecule has 1 aliphatic heterocycles. The SMILES string of the molecule is NS(=O)(=O)c1ccc(-c2sc(N3CCCC3=O)nc2-c2ccc(Cl)cc2)cc1. The summed E-state index contributed by atoms with van der Waals surface area (Å²) < 4.78 is 23.1. The average molecular weight is 434 g/mol. The molecule has 2 heterocycles. The third-order valence-corrected chi connectivity index (χ3v) is 6.79. The van der Waals surface area contributed by atoms with E-state index in [2.05, 4.69) is 0 Å². The van der Waals surface area contributed by atoms with Gasteiger partial charge in [0, 0.05) is 23.6 Å². The van der Waals surface area contributed by atoms with Gasteiger partial charge >= 0.3 is 0 Å². The van der Waals surface area contributed by atoms with E-state index in [0.717, 1.165) is 28.1 Å². The molecule has 0 aliphatic carbocycles. The second kappa shape index (κ2) is 7.29. The standard InChI is InChI=1S/C19H16ClN3O3S2/c20-14-7-3-12(4-8-14)17-18(13-5-9-15(10-6-13)28(21,25)26)27-19(22-17)23-11-1-2-16(23)24/h3-10H,1-2,11H2,(H2,21,25,26). The summed E-state index contributed by atoms with van der Waals surface area (Å²) in [7, 11) is -3.76. The van der Waals surface area contributed by atoms with Crippen LogP contribution in [0.1, 0.15) is 12.8 Å². The van der Waals surface area contributed by atoms with Crippen LogP contribution in [0.4, 0.5) is 5.13 Å². The predicted molar refractivity (Wildman–Crippen MR) is 111 cm³/mol. The zero-order valence-electron chi connectivity index (χ0n) is 14.6. The molecule has 144 valence electrons. The Labute approximate surface area is 171 Å². The molecule has 1 saturated heterocycles. The quantitative estimate of drug-likeness (QED) is 0.675. The van der Waals surface area contributed by atoms with Crippen LogP contribution in [-0.2, 0) is 14.8 Å². The first-order valence-electron chi connectivity index (χ1n) is 8.53. The van der Waals surface area contributed by atoms with E-state index in [1.807, 2.05) is 12.1 Å². The lowest BCUT2D eigenvalue weighted by molar-refractivity contribution is -0.117. The summed E-state index contributed by atoms with van der Waals surface area (Å²) in [6.07, 6.45) is 1.33. The number of thiazole rings is 1. The highest BCUT2D eigenvalue weighted by molar-refractivity contribution is 7.89. The van der Waals surface area contributed by atoms with E-state index in [9.17, 15) is 13.2 Å². The topological polar surface area (TPSA) is 93.4 Å². The number of benzene rings is 2. The summed E-state index contributed by atoms with van der Waals surface area (Å²) >= 11 is 7.41. The van der Waals surface area contributed by atoms with Gasteiger partial charge in [-0.1, -0.05) is 47.2 Å². The normalized spacial score (nSPS) is 14.6. The van der Waals surface area contributed by atoms with Gasteiger partial charge in [0.1, 0.15) is 0 Å². The molecule has 0 spiro atoms. The summed E-state index contributed by atoms with van der Waals surface area (Å²) in [6.45, 7) is 0.649. The molecule has 0 atom stereocenters. The van der Waals surface area contributed by atoms with Gasteiger partial charge in [-0.2, -0.15) is 0 Å². The van der Waals surface area contributed by atoms with Crippen molar-refractivity contribution in [2.75, 3.05) is 11.4 Å². The molecule has 6 nitrogen and oxygen atoms in total. The molecule has 2 N–H and O–H groups in total. The number of anilines is 1. The van der Waals surface area contributed by atoms with Crippen LogP contribution in [0.5, 0.6) is 0 Å². The molecule has 1 amide bonds. The lowest BCUT2D eigenvalue weighted by Gasteiger charge is -2.10. The summed E-state index contributed by atoms with van der Waals surface area (Å²) in [5.74, 6) is 0.0625. The summed E-state index contributed by atoms with van der Waals surface area (Å²) in [4.78, 5) is 19.5. The van der Waals surface area contributed by atoms with E-state index in [4.69, 9.17) is 21.7 Å². The Morgan fingerprint density at radius 1 is 1.04 bits per heavy atom. The summed E-state index contributed by atoms with van der Waals surface area (Å²) in [5.41, 5.74) is 2.39. The number of aromatic nitrogens is 1. The highest BCUT2D eigenvalue weighted by atomic mass is 35.5. The minimum Gasteiger partial charge on any atom is -0.288 e. The first-order chi connectivity index (χ1) is 13.3. The zero-order chi connectivity index (χ0) is 19.9. The van der Waals surface area contributed by atoms with Crippen LogP contribution in [0, 0.1) is 0 Å². The molecule has 9 heteroatoms. The van der Waals surface area contributed by atoms with Gasteiger partial charge < -0.3 is 0 Å². The smallest absolute Gasteiger partial charge is 0.238 e. The monoisotopic (exact) mass is 433 g/mol. The maximum atomic E-state index is 12.2. The van der Waals surface area contributed by atoms with Gasteiger partial charge in [0.05, 0.1) is 15.5 Å². The van der Waals surface area contributed by atoms with Gasteiger partial charge in [-0.25, -0.2) is 18.5 Å². The van der Waals surface area contributed by atoms with Crippen molar-refractivity contribution in [1.29, 1.82) is 0 Å². The number of carbonyl (C=O) groups excluding carboxylic acids is 1. The van der Waals surface area contributed by atoms with Crippen molar-refractivity contribution < 1.29 is 13.2 Å². The maximum Gasteiger partial charge on any atom is 0.238 e. The van der Waals surface area contributed by atoms with Crippen LogP contribution in [0.3, 0.4) is 0 Å². The lowest BCUT2D eigenvalue weighted by Crippen LogP contribution is -2.23. The first-order valence-corrected chi connectivity index (χ1v) is 11.3. The number of carbonyl (C=O) groups is 1. The van der Waals surface area contributed by atoms with Crippen molar-refractivity contribution in [2.24, 2.45) is 5.14 Å². The number of hydrogen-bond donors (Lipinski definition) is 1. The average Bonchev–Trinajstić information content (AvgIpc) is 3.28. The van der Waals surface area contributed by atoms with Gasteiger partial charge in [-0.3, -0.25) is 9.69 Å². The number of halogens is 1. The minimum atomic E-state index is -3.76. The molecule has 0 saturated carbocycles. The van der Waals surface area contributed by atoms with Crippen molar-refractivity contribution in [1.82, 2.24) is 4.98 Å². The molecule has 28 heavy (non-hydrogen) atoms. The Kier molecular flexibility index (Phi) is 4.96. The zero-order valence-corrected chi connectivity index (χ0v) is 17.0. The molecule has 1 aliphatic rings. The van der Waals surface area contributed by atoms with Crippen LogP contribution in [0.25, 0.3) is 21.7 Å². The van der Waals surface area contributed by atoms with E-state index in [1.54, 1.807) is 29.2 Å². The third-order valence-electron chi connectivity index (χ3n) is 4.48. The van der Waals surface area contributed by atoms with Crippen molar-refractivity contribution in [3.8, 4) is 21.7 Å². The van der Waals surface area contributed by atoms with E-state index in [0.29, 0.717) is 23.1 Å². The third kappa shape index (κ3) is 3.68. The van der Waals surface area contributed by atoms with Crippen LogP contribution < -0.4 is 10.0 Å². The van der Waals surface area contributed by atoms with Gasteiger partial charge in [0.25, 0.3) is 0 Å². The van der Waals surface area contributed by atoms with E-state index >= 15 is 0 Å². The first kappa shape index (κ1) is 19.1. The highest BCUT2D eigenvalue weighted by Gasteiger charge is 2.26. The van der Waals surface area contributed by atoms with Crippen molar-refractivity contribution in [3.63, 3.8) is 0 Å². The molecule has 0 radical (unpaired) electrons. The van der Waals surface area contributed by atoms with Gasteiger partial charge in [-0.05, 0) is 36.2 Å². The number of primary sulfonamides is 1. The molecular formula is C19H16ClN3O3S2. The molecule has 1 aromatic heterocycles. The minimum absolute atomic E-state index is 0.0451. The van der Waals surface area contributed by atoms with Crippen molar-refractivity contribution in [3.05, 3.63) is 53.6 Å². The summed E-state index contributed by atoms with van der Waals surface area (Å²) in [6, 6.07) is 13.6. The Balaban J connectivity index is 1.83.